The summed E-state index contributed by atoms with van der Waals surface area (Å²) in [5.41, 5.74) is 0. The minimum Gasteiger partial charge on any atom is -0.490 e. The predicted octanol–water partition coefficient (Wildman–Crippen LogP) is 4.56. The van der Waals surface area contributed by atoms with Gasteiger partial charge in [-0.05, 0) is 18.6 Å². The minimum absolute atomic E-state index is 0.578. The standard InChI is InChI=1S/C11H14Cl2O/c1-2-3-4-8-14-11-9(12)6-5-7-10(11)13/h5-7H,2-4,8H2,1H3. The van der Waals surface area contributed by atoms with Crippen molar-refractivity contribution >= 4 is 23.2 Å². The third-order valence-corrected chi connectivity index (χ3v) is 2.51. The van der Waals surface area contributed by atoms with Crippen molar-refractivity contribution in [2.75, 3.05) is 6.61 Å². The van der Waals surface area contributed by atoms with Crippen molar-refractivity contribution in [3.05, 3.63) is 28.2 Å². The van der Waals surface area contributed by atoms with Crippen LogP contribution in [0.25, 0.3) is 0 Å². The first-order chi connectivity index (χ1) is 6.75. The Labute approximate surface area is 95.0 Å². The summed E-state index contributed by atoms with van der Waals surface area (Å²) in [6.07, 6.45) is 3.39. The van der Waals surface area contributed by atoms with Gasteiger partial charge in [0.05, 0.1) is 16.7 Å². The van der Waals surface area contributed by atoms with Crippen LogP contribution in [0.15, 0.2) is 18.2 Å². The van der Waals surface area contributed by atoms with Gasteiger partial charge in [0.25, 0.3) is 0 Å². The maximum Gasteiger partial charge on any atom is 0.156 e. The lowest BCUT2D eigenvalue weighted by Gasteiger charge is -2.08. The van der Waals surface area contributed by atoms with E-state index >= 15 is 0 Å². The van der Waals surface area contributed by atoms with Crippen LogP contribution in [0.1, 0.15) is 26.2 Å². The molecule has 1 nitrogen and oxygen atoms in total. The molecule has 0 aliphatic rings. The van der Waals surface area contributed by atoms with Crippen LogP contribution >= 0.6 is 23.2 Å². The molecule has 14 heavy (non-hydrogen) atoms. The van der Waals surface area contributed by atoms with Gasteiger partial charge in [-0.1, -0.05) is 49.0 Å². The van der Waals surface area contributed by atoms with Crippen LogP contribution in [-0.4, -0.2) is 6.61 Å². The Bertz CT molecular complexity index is 266. The molecule has 0 atom stereocenters. The fourth-order valence-corrected chi connectivity index (χ4v) is 1.65. The van der Waals surface area contributed by atoms with E-state index in [1.165, 1.54) is 12.8 Å². The van der Waals surface area contributed by atoms with E-state index in [0.29, 0.717) is 22.4 Å². The monoisotopic (exact) mass is 232 g/mol. The second-order valence-electron chi connectivity index (χ2n) is 3.11. The van der Waals surface area contributed by atoms with Gasteiger partial charge in [0.1, 0.15) is 0 Å². The highest BCUT2D eigenvalue weighted by atomic mass is 35.5. The Hall–Kier alpha value is -0.400. The molecule has 0 N–H and O–H groups in total. The molecule has 0 aliphatic carbocycles. The van der Waals surface area contributed by atoms with E-state index in [4.69, 9.17) is 27.9 Å². The lowest BCUT2D eigenvalue weighted by molar-refractivity contribution is 0.306. The highest BCUT2D eigenvalue weighted by Crippen LogP contribution is 2.32. The number of hydrogen-bond acceptors (Lipinski definition) is 1. The molecule has 0 aromatic heterocycles. The molecule has 0 aliphatic heterocycles. The molecule has 1 aromatic rings. The Kier molecular flexibility index (Phi) is 5.13. The molecule has 0 spiro atoms. The van der Waals surface area contributed by atoms with Crippen LogP contribution in [0.5, 0.6) is 5.75 Å². The van der Waals surface area contributed by atoms with Crippen LogP contribution in [0, 0.1) is 0 Å². The van der Waals surface area contributed by atoms with Crippen molar-refractivity contribution in [1.82, 2.24) is 0 Å². The van der Waals surface area contributed by atoms with E-state index in [2.05, 4.69) is 6.92 Å². The number of benzene rings is 1. The number of unbranched alkanes of at least 4 members (excludes halogenated alkanes) is 2. The van der Waals surface area contributed by atoms with E-state index in [9.17, 15) is 0 Å². The molecule has 0 bridgehead atoms. The Balaban J connectivity index is 2.49. The smallest absolute Gasteiger partial charge is 0.156 e. The van der Waals surface area contributed by atoms with E-state index in [-0.39, 0.29) is 0 Å². The summed E-state index contributed by atoms with van der Waals surface area (Å²) in [5.74, 6) is 0.604. The van der Waals surface area contributed by atoms with Crippen molar-refractivity contribution < 1.29 is 4.74 Å². The Morgan fingerprint density at radius 1 is 1.14 bits per heavy atom. The van der Waals surface area contributed by atoms with Gasteiger partial charge in [-0.25, -0.2) is 0 Å². The van der Waals surface area contributed by atoms with E-state index in [1.54, 1.807) is 12.1 Å². The fraction of sp³-hybridized carbons (Fsp3) is 0.455. The van der Waals surface area contributed by atoms with Gasteiger partial charge in [-0.2, -0.15) is 0 Å². The summed E-state index contributed by atoms with van der Waals surface area (Å²) >= 11 is 11.9. The molecule has 1 rings (SSSR count). The third kappa shape index (κ3) is 3.39. The number of para-hydroxylation sites is 1. The first-order valence-corrected chi connectivity index (χ1v) is 5.58. The first-order valence-electron chi connectivity index (χ1n) is 4.82. The molecule has 0 amide bonds. The first kappa shape index (κ1) is 11.7. The van der Waals surface area contributed by atoms with Gasteiger partial charge < -0.3 is 4.74 Å². The van der Waals surface area contributed by atoms with Crippen LogP contribution in [0.4, 0.5) is 0 Å². The summed E-state index contributed by atoms with van der Waals surface area (Å²) in [7, 11) is 0. The van der Waals surface area contributed by atoms with E-state index < -0.39 is 0 Å². The fourth-order valence-electron chi connectivity index (χ4n) is 1.15. The van der Waals surface area contributed by atoms with Gasteiger partial charge in [0, 0.05) is 0 Å². The highest BCUT2D eigenvalue weighted by Gasteiger charge is 2.05. The zero-order chi connectivity index (χ0) is 10.4. The van der Waals surface area contributed by atoms with Gasteiger partial charge >= 0.3 is 0 Å². The van der Waals surface area contributed by atoms with Crippen LogP contribution < -0.4 is 4.74 Å². The number of rotatable bonds is 5. The summed E-state index contributed by atoms with van der Waals surface area (Å²) in [6.45, 7) is 2.83. The zero-order valence-electron chi connectivity index (χ0n) is 8.22. The van der Waals surface area contributed by atoms with Gasteiger partial charge in [-0.15, -0.1) is 0 Å². The number of halogens is 2. The molecule has 0 saturated heterocycles. The summed E-state index contributed by atoms with van der Waals surface area (Å²) in [5, 5.41) is 1.16. The maximum atomic E-state index is 5.93. The Morgan fingerprint density at radius 2 is 1.79 bits per heavy atom. The molecule has 78 valence electrons. The summed E-state index contributed by atoms with van der Waals surface area (Å²) < 4.78 is 5.51. The average molecular weight is 233 g/mol. The molecule has 0 unspecified atom stereocenters. The number of ether oxygens (including phenoxy) is 1. The summed E-state index contributed by atoms with van der Waals surface area (Å²) in [4.78, 5) is 0. The molecule has 3 heteroatoms. The normalized spacial score (nSPS) is 10.2. The quantitative estimate of drug-likeness (QED) is 0.677. The highest BCUT2D eigenvalue weighted by molar-refractivity contribution is 6.37. The maximum absolute atomic E-state index is 5.93. The van der Waals surface area contributed by atoms with Crippen molar-refractivity contribution in [3.8, 4) is 5.75 Å². The zero-order valence-corrected chi connectivity index (χ0v) is 9.74. The number of hydrogen-bond donors (Lipinski definition) is 0. The van der Waals surface area contributed by atoms with Crippen LogP contribution in [-0.2, 0) is 0 Å². The minimum atomic E-state index is 0.578. The molecule has 0 fully saturated rings. The van der Waals surface area contributed by atoms with Gasteiger partial charge in [0.2, 0.25) is 0 Å². The molecule has 0 heterocycles. The van der Waals surface area contributed by atoms with Crippen LogP contribution in [0.3, 0.4) is 0 Å². The molecular weight excluding hydrogens is 219 g/mol. The predicted molar refractivity (Wildman–Crippen MR) is 61.5 cm³/mol. The lowest BCUT2D eigenvalue weighted by Crippen LogP contribution is -1.98. The third-order valence-electron chi connectivity index (χ3n) is 1.91. The largest absolute Gasteiger partial charge is 0.490 e. The molecule has 0 radical (unpaired) electrons. The van der Waals surface area contributed by atoms with E-state index in [1.807, 2.05) is 6.07 Å². The summed E-state index contributed by atoms with van der Waals surface area (Å²) in [6, 6.07) is 5.37. The SMILES string of the molecule is CCCCCOc1c(Cl)cccc1Cl. The molecular formula is C11H14Cl2O. The van der Waals surface area contributed by atoms with Crippen molar-refractivity contribution in [3.63, 3.8) is 0 Å². The Morgan fingerprint density at radius 3 is 2.36 bits per heavy atom. The topological polar surface area (TPSA) is 9.23 Å². The average Bonchev–Trinajstić information content (AvgIpc) is 2.16. The lowest BCUT2D eigenvalue weighted by atomic mass is 10.3. The van der Waals surface area contributed by atoms with Crippen molar-refractivity contribution in [2.24, 2.45) is 0 Å². The molecule has 1 aromatic carbocycles. The van der Waals surface area contributed by atoms with Crippen LogP contribution in [0.2, 0.25) is 10.0 Å². The van der Waals surface area contributed by atoms with Gasteiger partial charge in [0.15, 0.2) is 5.75 Å². The van der Waals surface area contributed by atoms with Crippen molar-refractivity contribution in [2.45, 2.75) is 26.2 Å². The second kappa shape index (κ2) is 6.15. The van der Waals surface area contributed by atoms with Crippen molar-refractivity contribution in [1.29, 1.82) is 0 Å². The van der Waals surface area contributed by atoms with E-state index in [0.717, 1.165) is 6.42 Å². The molecule has 0 saturated carbocycles. The second-order valence-corrected chi connectivity index (χ2v) is 3.92. The van der Waals surface area contributed by atoms with Gasteiger partial charge in [-0.3, -0.25) is 0 Å².